The van der Waals surface area contributed by atoms with Gasteiger partial charge in [0.05, 0.1) is 12.7 Å². The van der Waals surface area contributed by atoms with Crippen LogP contribution >= 0.6 is 11.6 Å². The summed E-state index contributed by atoms with van der Waals surface area (Å²) in [6, 6.07) is 10.6. The molecular formula is C14H17ClO. The highest BCUT2D eigenvalue weighted by molar-refractivity contribution is 6.29. The second kappa shape index (κ2) is 6.07. The van der Waals surface area contributed by atoms with Crippen LogP contribution in [0, 0.1) is 0 Å². The summed E-state index contributed by atoms with van der Waals surface area (Å²) in [4.78, 5) is 0. The van der Waals surface area contributed by atoms with Crippen molar-refractivity contribution in [2.45, 2.75) is 31.8 Å². The molecule has 1 atom stereocenters. The summed E-state index contributed by atoms with van der Waals surface area (Å²) in [6.07, 6.45) is 6.73. The van der Waals surface area contributed by atoms with Crippen LogP contribution < -0.4 is 0 Å². The molecule has 1 unspecified atom stereocenters. The summed E-state index contributed by atoms with van der Waals surface area (Å²) < 4.78 is 5.74. The molecule has 0 radical (unpaired) electrons. The molecule has 86 valence electrons. The van der Waals surface area contributed by atoms with Crippen LogP contribution in [0.2, 0.25) is 0 Å². The molecule has 0 fully saturated rings. The molecule has 0 aromatic heterocycles. The first kappa shape index (κ1) is 11.7. The molecule has 0 saturated carbocycles. The van der Waals surface area contributed by atoms with Gasteiger partial charge in [-0.05, 0) is 31.2 Å². The Balaban J connectivity index is 1.79. The summed E-state index contributed by atoms with van der Waals surface area (Å²) >= 11 is 5.94. The zero-order chi connectivity index (χ0) is 11.2. The molecule has 1 nitrogen and oxygen atoms in total. The maximum absolute atomic E-state index is 5.94. The van der Waals surface area contributed by atoms with E-state index in [2.05, 4.69) is 36.4 Å². The average Bonchev–Trinajstić information content (AvgIpc) is 2.53. The first-order valence-corrected chi connectivity index (χ1v) is 6.22. The predicted molar refractivity (Wildman–Crippen MR) is 67.7 cm³/mol. The van der Waals surface area contributed by atoms with Crippen LogP contribution in [0.15, 0.2) is 41.4 Å². The monoisotopic (exact) mass is 236 g/mol. The third-order valence-corrected chi connectivity index (χ3v) is 3.17. The van der Waals surface area contributed by atoms with Gasteiger partial charge < -0.3 is 4.74 Å². The Morgan fingerprint density at radius 2 is 2.06 bits per heavy atom. The molecule has 0 spiro atoms. The third-order valence-electron chi connectivity index (χ3n) is 2.91. The lowest BCUT2D eigenvalue weighted by Gasteiger charge is -2.14. The molecule has 0 bridgehead atoms. The second-order valence-electron chi connectivity index (χ2n) is 4.19. The van der Waals surface area contributed by atoms with E-state index in [0.717, 1.165) is 30.7 Å². The molecule has 0 amide bonds. The first-order valence-electron chi connectivity index (χ1n) is 5.84. The molecule has 16 heavy (non-hydrogen) atoms. The van der Waals surface area contributed by atoms with E-state index in [4.69, 9.17) is 16.3 Å². The zero-order valence-corrected chi connectivity index (χ0v) is 10.1. The van der Waals surface area contributed by atoms with E-state index in [1.165, 1.54) is 5.56 Å². The van der Waals surface area contributed by atoms with E-state index in [9.17, 15) is 0 Å². The van der Waals surface area contributed by atoms with Crippen molar-refractivity contribution in [2.24, 2.45) is 0 Å². The van der Waals surface area contributed by atoms with Crippen molar-refractivity contribution >= 4 is 11.6 Å². The van der Waals surface area contributed by atoms with Crippen molar-refractivity contribution in [1.82, 2.24) is 0 Å². The Bertz CT molecular complexity index is 345. The highest BCUT2D eigenvalue weighted by Gasteiger charge is 2.12. The molecule has 1 aliphatic rings. The lowest BCUT2D eigenvalue weighted by molar-refractivity contribution is 0.0650. The van der Waals surface area contributed by atoms with E-state index in [-0.39, 0.29) is 0 Å². The number of ether oxygens (including phenoxy) is 1. The quantitative estimate of drug-likeness (QED) is 0.773. The van der Waals surface area contributed by atoms with Gasteiger partial charge in [-0.15, -0.1) is 0 Å². The van der Waals surface area contributed by atoms with Gasteiger partial charge in [-0.3, -0.25) is 0 Å². The minimum absolute atomic E-state index is 0.354. The molecular weight excluding hydrogens is 220 g/mol. The summed E-state index contributed by atoms with van der Waals surface area (Å²) in [5.74, 6) is 0. The number of benzene rings is 1. The first-order chi connectivity index (χ1) is 7.84. The summed E-state index contributed by atoms with van der Waals surface area (Å²) in [7, 11) is 0. The molecule has 1 aliphatic heterocycles. The SMILES string of the molecule is ClC1=CCCC(CCc2ccccc2)OC1. The summed E-state index contributed by atoms with van der Waals surface area (Å²) in [6.45, 7) is 0.584. The molecule has 2 rings (SSSR count). The van der Waals surface area contributed by atoms with Crippen molar-refractivity contribution in [3.05, 3.63) is 47.0 Å². The zero-order valence-electron chi connectivity index (χ0n) is 9.36. The Morgan fingerprint density at radius 3 is 2.88 bits per heavy atom. The molecule has 0 N–H and O–H groups in total. The van der Waals surface area contributed by atoms with Crippen LogP contribution in [0.3, 0.4) is 0 Å². The number of hydrogen-bond donors (Lipinski definition) is 0. The fourth-order valence-corrected chi connectivity index (χ4v) is 2.14. The second-order valence-corrected chi connectivity index (χ2v) is 4.67. The average molecular weight is 237 g/mol. The molecule has 0 saturated heterocycles. The smallest absolute Gasteiger partial charge is 0.0823 e. The fraction of sp³-hybridized carbons (Fsp3) is 0.429. The van der Waals surface area contributed by atoms with Crippen molar-refractivity contribution in [3.63, 3.8) is 0 Å². The molecule has 1 aromatic rings. The van der Waals surface area contributed by atoms with Crippen LogP contribution in [-0.4, -0.2) is 12.7 Å². The Kier molecular flexibility index (Phi) is 4.44. The van der Waals surface area contributed by atoms with Crippen LogP contribution in [0.4, 0.5) is 0 Å². The van der Waals surface area contributed by atoms with Crippen molar-refractivity contribution in [3.8, 4) is 0 Å². The van der Waals surface area contributed by atoms with Gasteiger partial charge >= 0.3 is 0 Å². The third kappa shape index (κ3) is 3.66. The lowest BCUT2D eigenvalue weighted by Crippen LogP contribution is -2.13. The Hall–Kier alpha value is -0.790. The van der Waals surface area contributed by atoms with Gasteiger partial charge in [-0.2, -0.15) is 0 Å². The molecule has 1 aromatic carbocycles. The maximum Gasteiger partial charge on any atom is 0.0823 e. The number of hydrogen-bond acceptors (Lipinski definition) is 1. The summed E-state index contributed by atoms with van der Waals surface area (Å²) in [5.41, 5.74) is 1.38. The normalized spacial score (nSPS) is 21.3. The van der Waals surface area contributed by atoms with Crippen molar-refractivity contribution in [2.75, 3.05) is 6.61 Å². The number of rotatable bonds is 3. The van der Waals surface area contributed by atoms with Gasteiger partial charge in [0.1, 0.15) is 0 Å². The van der Waals surface area contributed by atoms with E-state index in [1.54, 1.807) is 0 Å². The van der Waals surface area contributed by atoms with Gasteiger partial charge in [0.25, 0.3) is 0 Å². The Labute approximate surface area is 102 Å². The van der Waals surface area contributed by atoms with Crippen LogP contribution in [-0.2, 0) is 11.2 Å². The van der Waals surface area contributed by atoms with E-state index in [0.29, 0.717) is 12.7 Å². The van der Waals surface area contributed by atoms with Crippen LogP contribution in [0.1, 0.15) is 24.8 Å². The van der Waals surface area contributed by atoms with E-state index in [1.807, 2.05) is 0 Å². The minimum Gasteiger partial charge on any atom is -0.373 e. The summed E-state index contributed by atoms with van der Waals surface area (Å²) in [5, 5.41) is 0.849. The van der Waals surface area contributed by atoms with Gasteiger partial charge in [-0.1, -0.05) is 48.0 Å². The van der Waals surface area contributed by atoms with Crippen LogP contribution in [0.25, 0.3) is 0 Å². The maximum atomic E-state index is 5.94. The molecule has 1 heterocycles. The lowest BCUT2D eigenvalue weighted by atomic mass is 10.0. The highest BCUT2D eigenvalue weighted by Crippen LogP contribution is 2.18. The largest absolute Gasteiger partial charge is 0.373 e. The standard InChI is InChI=1S/C14H17ClO/c15-13-7-4-8-14(16-11-13)10-9-12-5-2-1-3-6-12/h1-3,5-7,14H,4,8-11H2. The van der Waals surface area contributed by atoms with Gasteiger partial charge in [0.2, 0.25) is 0 Å². The van der Waals surface area contributed by atoms with Gasteiger partial charge in [-0.25, -0.2) is 0 Å². The number of halogens is 1. The minimum atomic E-state index is 0.354. The van der Waals surface area contributed by atoms with Crippen LogP contribution in [0.5, 0.6) is 0 Å². The topological polar surface area (TPSA) is 9.23 Å². The molecule has 0 aliphatic carbocycles. The van der Waals surface area contributed by atoms with Gasteiger partial charge in [0, 0.05) is 5.03 Å². The van der Waals surface area contributed by atoms with Crippen molar-refractivity contribution < 1.29 is 4.74 Å². The number of allylic oxidation sites excluding steroid dienone is 1. The van der Waals surface area contributed by atoms with Crippen molar-refractivity contribution in [1.29, 1.82) is 0 Å². The Morgan fingerprint density at radius 1 is 1.25 bits per heavy atom. The van der Waals surface area contributed by atoms with Gasteiger partial charge in [0.15, 0.2) is 0 Å². The molecule has 2 heteroatoms. The number of aryl methyl sites for hydroxylation is 1. The highest BCUT2D eigenvalue weighted by atomic mass is 35.5. The van der Waals surface area contributed by atoms with E-state index >= 15 is 0 Å². The van der Waals surface area contributed by atoms with E-state index < -0.39 is 0 Å². The fourth-order valence-electron chi connectivity index (χ4n) is 1.97. The predicted octanol–water partition coefficient (Wildman–Crippen LogP) is 3.92.